The van der Waals surface area contributed by atoms with Gasteiger partial charge in [-0.15, -0.1) is 6.58 Å². The summed E-state index contributed by atoms with van der Waals surface area (Å²) in [5.41, 5.74) is 0.0793. The molecule has 4 amide bonds. The number of nitrogens with zero attached hydrogens (tertiary/aromatic N) is 3. The van der Waals surface area contributed by atoms with E-state index in [4.69, 9.17) is 14.5 Å². The van der Waals surface area contributed by atoms with Crippen molar-refractivity contribution in [2.24, 2.45) is 17.3 Å². The molecule has 2 aliphatic carbocycles. The molecule has 1 aromatic heterocycles. The van der Waals surface area contributed by atoms with Crippen LogP contribution in [0.4, 0.5) is 0 Å². The van der Waals surface area contributed by atoms with Crippen LogP contribution in [0.15, 0.2) is 67.3 Å². The Morgan fingerprint density at radius 1 is 1.04 bits per heavy atom. The predicted molar refractivity (Wildman–Crippen MR) is 216 cm³/mol. The van der Waals surface area contributed by atoms with Crippen molar-refractivity contribution in [1.29, 1.82) is 0 Å². The van der Waals surface area contributed by atoms with Crippen LogP contribution in [0.3, 0.4) is 0 Å². The van der Waals surface area contributed by atoms with Gasteiger partial charge in [0.15, 0.2) is 0 Å². The lowest BCUT2D eigenvalue weighted by atomic mass is 9.77. The highest BCUT2D eigenvalue weighted by molar-refractivity contribution is 7.91. The number of methoxy groups -OCH3 is 1. The third-order valence-electron chi connectivity index (χ3n) is 11.9. The molecule has 304 valence electrons. The summed E-state index contributed by atoms with van der Waals surface area (Å²) in [5, 5.41) is 2.93. The number of nitrogens with one attached hydrogen (secondary N) is 2. The smallest absolute Gasteiger partial charge is 0.259 e. The molecule has 2 saturated heterocycles. The Morgan fingerprint density at radius 3 is 2.39 bits per heavy atom. The summed E-state index contributed by atoms with van der Waals surface area (Å²) in [7, 11) is -2.31. The van der Waals surface area contributed by atoms with Gasteiger partial charge in [0.2, 0.25) is 27.7 Å². The Hall–Kier alpha value is -4.98. The van der Waals surface area contributed by atoms with Crippen molar-refractivity contribution >= 4 is 44.6 Å². The second-order valence-corrected chi connectivity index (χ2v) is 18.9. The van der Waals surface area contributed by atoms with Crippen LogP contribution >= 0.6 is 0 Å². The summed E-state index contributed by atoms with van der Waals surface area (Å²) >= 11 is 0. The van der Waals surface area contributed by atoms with Gasteiger partial charge in [-0.2, -0.15) is 0 Å². The van der Waals surface area contributed by atoms with Crippen molar-refractivity contribution in [1.82, 2.24) is 24.8 Å². The molecule has 13 nitrogen and oxygen atoms in total. The molecule has 7 rings (SSSR count). The Morgan fingerprint density at radius 2 is 1.75 bits per heavy atom. The molecule has 2 aliphatic heterocycles. The Labute approximate surface area is 334 Å². The van der Waals surface area contributed by atoms with Gasteiger partial charge in [0, 0.05) is 54.9 Å². The monoisotopic (exact) mass is 799 g/mol. The first-order chi connectivity index (χ1) is 27.1. The molecule has 3 aromatic rings. The van der Waals surface area contributed by atoms with E-state index in [1.807, 2.05) is 80.3 Å². The van der Waals surface area contributed by atoms with Crippen LogP contribution in [0.25, 0.3) is 22.2 Å². The summed E-state index contributed by atoms with van der Waals surface area (Å²) in [6, 6.07) is 15.9. The summed E-state index contributed by atoms with van der Waals surface area (Å²) in [6.45, 7) is 11.0. The number of ether oxygens (including phenoxy) is 2. The Kier molecular flexibility index (Phi) is 11.1. The van der Waals surface area contributed by atoms with E-state index in [-0.39, 0.29) is 37.6 Å². The molecule has 3 heterocycles. The van der Waals surface area contributed by atoms with Crippen molar-refractivity contribution in [3.63, 3.8) is 0 Å². The molecule has 4 aliphatic rings. The molecule has 2 N–H and O–H groups in total. The number of pyridine rings is 1. The SMILES string of the molecule is C=CC1CC1(NC(=O)[C@@H]1C[C@@H](Oc2cc(-c3ccccc3)nc3cc(OC)ccc23)CN1C(=O)C[C@H](C(=O)N1CCCCC1)C(C)(C)C)C(=O)NS(=O)(=O)C1CC1. The quantitative estimate of drug-likeness (QED) is 0.227. The van der Waals surface area contributed by atoms with Crippen LogP contribution in [0.1, 0.15) is 72.1 Å². The van der Waals surface area contributed by atoms with E-state index in [0.717, 1.165) is 24.8 Å². The number of rotatable bonds is 13. The number of hydrogen-bond acceptors (Lipinski definition) is 9. The van der Waals surface area contributed by atoms with Gasteiger partial charge in [-0.25, -0.2) is 13.4 Å². The normalized spacial score (nSPS) is 24.0. The van der Waals surface area contributed by atoms with E-state index in [9.17, 15) is 27.6 Å². The first-order valence-corrected chi connectivity index (χ1v) is 21.5. The Bertz CT molecular complexity index is 2160. The van der Waals surface area contributed by atoms with Crippen molar-refractivity contribution in [2.75, 3.05) is 26.7 Å². The van der Waals surface area contributed by atoms with Gasteiger partial charge in [-0.05, 0) is 56.1 Å². The van der Waals surface area contributed by atoms with Crippen molar-refractivity contribution in [2.45, 2.75) is 95.1 Å². The maximum Gasteiger partial charge on any atom is 0.259 e. The van der Waals surface area contributed by atoms with Crippen LogP contribution in [0.2, 0.25) is 0 Å². The molecule has 4 fully saturated rings. The lowest BCUT2D eigenvalue weighted by Gasteiger charge is -2.37. The molecule has 2 unspecified atom stereocenters. The zero-order valence-corrected chi connectivity index (χ0v) is 34.0. The fraction of sp³-hybridized carbons (Fsp3) is 0.512. The number of aromatic nitrogens is 1. The number of piperidine rings is 1. The zero-order valence-electron chi connectivity index (χ0n) is 33.2. The number of carbonyl (C=O) groups is 4. The zero-order chi connectivity index (χ0) is 40.7. The average molecular weight is 800 g/mol. The summed E-state index contributed by atoms with van der Waals surface area (Å²) in [4.78, 5) is 64.8. The molecule has 0 bridgehead atoms. The van der Waals surface area contributed by atoms with E-state index < -0.39 is 62.0 Å². The predicted octanol–water partition coefficient (Wildman–Crippen LogP) is 4.99. The number of sulfonamides is 1. The summed E-state index contributed by atoms with van der Waals surface area (Å²) < 4.78 is 40.0. The highest BCUT2D eigenvalue weighted by Gasteiger charge is 2.62. The number of carbonyl (C=O) groups excluding carboxylic acids is 4. The molecule has 5 atom stereocenters. The molecule has 0 radical (unpaired) electrons. The van der Waals surface area contributed by atoms with E-state index in [0.29, 0.717) is 54.0 Å². The second kappa shape index (κ2) is 15.8. The highest BCUT2D eigenvalue weighted by Crippen LogP contribution is 2.46. The van der Waals surface area contributed by atoms with Gasteiger partial charge in [0.1, 0.15) is 29.2 Å². The molecule has 2 aromatic carbocycles. The summed E-state index contributed by atoms with van der Waals surface area (Å²) in [5.74, 6) is -1.90. The molecular weight excluding hydrogens is 747 g/mol. The van der Waals surface area contributed by atoms with Gasteiger partial charge >= 0.3 is 0 Å². The van der Waals surface area contributed by atoms with Gasteiger partial charge in [0.25, 0.3) is 5.91 Å². The fourth-order valence-corrected chi connectivity index (χ4v) is 9.52. The fourth-order valence-electron chi connectivity index (χ4n) is 8.15. The number of amides is 4. The van der Waals surface area contributed by atoms with Crippen LogP contribution in [0.5, 0.6) is 11.5 Å². The molecule has 0 spiro atoms. The minimum atomic E-state index is -3.89. The Balaban J connectivity index is 1.20. The third-order valence-corrected chi connectivity index (χ3v) is 13.7. The van der Waals surface area contributed by atoms with Gasteiger partial charge in [-0.3, -0.25) is 23.9 Å². The van der Waals surface area contributed by atoms with Crippen molar-refractivity contribution in [3.05, 3.63) is 67.3 Å². The highest BCUT2D eigenvalue weighted by atomic mass is 32.2. The topological polar surface area (TPSA) is 164 Å². The van der Waals surface area contributed by atoms with Crippen molar-refractivity contribution < 1.29 is 37.1 Å². The lowest BCUT2D eigenvalue weighted by Crippen LogP contribution is -2.57. The van der Waals surface area contributed by atoms with Gasteiger partial charge in [-0.1, -0.05) is 57.2 Å². The van der Waals surface area contributed by atoms with Gasteiger partial charge in [0.05, 0.1) is 36.0 Å². The van der Waals surface area contributed by atoms with Crippen LogP contribution in [-0.2, 0) is 29.2 Å². The van der Waals surface area contributed by atoms with Crippen LogP contribution in [-0.4, -0.2) is 96.5 Å². The molecule has 57 heavy (non-hydrogen) atoms. The van der Waals surface area contributed by atoms with E-state index in [2.05, 4.69) is 16.6 Å². The average Bonchev–Trinajstić information content (AvgIpc) is 4.13. The third kappa shape index (κ3) is 8.51. The van der Waals surface area contributed by atoms with E-state index in [1.54, 1.807) is 7.11 Å². The van der Waals surface area contributed by atoms with Crippen molar-refractivity contribution in [3.8, 4) is 22.8 Å². The maximum atomic E-state index is 14.6. The maximum absolute atomic E-state index is 14.6. The first-order valence-electron chi connectivity index (χ1n) is 19.9. The molecular formula is C43H53N5O8S. The van der Waals surface area contributed by atoms with Crippen LogP contribution < -0.4 is 19.5 Å². The van der Waals surface area contributed by atoms with E-state index in [1.165, 1.54) is 11.0 Å². The second-order valence-electron chi connectivity index (χ2n) is 17.0. The lowest BCUT2D eigenvalue weighted by molar-refractivity contribution is -0.147. The number of fused-ring (bicyclic) bond motifs is 1. The minimum absolute atomic E-state index is 0.0342. The van der Waals surface area contributed by atoms with Gasteiger partial charge < -0.3 is 24.6 Å². The minimum Gasteiger partial charge on any atom is -0.497 e. The largest absolute Gasteiger partial charge is 0.497 e. The summed E-state index contributed by atoms with van der Waals surface area (Å²) in [6.07, 6.45) is 4.81. The number of hydrogen-bond donors (Lipinski definition) is 2. The number of likely N-dealkylation sites (tertiary alicyclic amines) is 2. The standard InChI is InChI=1S/C43H53N5O8S/c1-6-28-25-43(28,41(52)46-57(53,54)31-16-17-31)45-39(50)36-22-30(26-48(36)38(49)23-33(42(2,3)4)40(51)47-19-11-8-12-20-47)56-37-24-34(27-13-9-7-10-14-27)44-35-21-29(55-5)15-18-32(35)37/h6-7,9-10,13-15,18,21,24,28,30-31,33,36H,1,8,11-12,16-17,19-20,22-23,25-26H2,2-5H3,(H,45,50)(H,46,52)/t28?,30-,33-,36+,43?/m1/s1. The molecule has 2 saturated carbocycles. The first kappa shape index (κ1) is 40.2. The van der Waals surface area contributed by atoms with Crippen LogP contribution in [0, 0.1) is 17.3 Å². The van der Waals surface area contributed by atoms with E-state index >= 15 is 0 Å². The number of benzene rings is 2. The molecule has 14 heteroatoms.